The molecule has 0 atom stereocenters. The summed E-state index contributed by atoms with van der Waals surface area (Å²) in [6.07, 6.45) is 6.88. The Morgan fingerprint density at radius 2 is 1.63 bits per heavy atom. The minimum absolute atomic E-state index is 0.749. The van der Waals surface area contributed by atoms with E-state index in [1.165, 1.54) is 35.0 Å². The van der Waals surface area contributed by atoms with Crippen LogP contribution in [0.4, 0.5) is 10.9 Å². The predicted molar refractivity (Wildman–Crippen MR) is 107 cm³/mol. The molecule has 0 aromatic carbocycles. The third-order valence-corrected chi connectivity index (χ3v) is 6.52. The number of aromatic nitrogens is 5. The summed E-state index contributed by atoms with van der Waals surface area (Å²) in [6.45, 7) is 5.82. The largest absolute Gasteiger partial charge is 0.352 e. The second-order valence-corrected chi connectivity index (χ2v) is 8.26. The highest BCUT2D eigenvalue weighted by atomic mass is 32.1. The molecule has 2 aliphatic rings. The fourth-order valence-electron chi connectivity index (χ4n) is 3.75. The summed E-state index contributed by atoms with van der Waals surface area (Å²) in [7, 11) is 0. The van der Waals surface area contributed by atoms with Gasteiger partial charge in [-0.1, -0.05) is 0 Å². The van der Waals surface area contributed by atoms with Crippen molar-refractivity contribution in [3.63, 3.8) is 0 Å². The first-order valence-electron chi connectivity index (χ1n) is 9.61. The van der Waals surface area contributed by atoms with Crippen LogP contribution in [0.5, 0.6) is 0 Å². The van der Waals surface area contributed by atoms with Crippen molar-refractivity contribution in [3.05, 3.63) is 40.7 Å². The van der Waals surface area contributed by atoms with Crippen LogP contribution in [0.1, 0.15) is 29.1 Å². The first-order chi connectivity index (χ1) is 13.3. The molecule has 5 rings (SSSR count). The maximum absolute atomic E-state index is 4.91. The van der Waals surface area contributed by atoms with E-state index >= 15 is 0 Å². The summed E-state index contributed by atoms with van der Waals surface area (Å²) < 4.78 is 1.76. The Hall–Kier alpha value is -2.48. The molecular weight excluding hydrogens is 358 g/mol. The van der Waals surface area contributed by atoms with E-state index in [9.17, 15) is 0 Å². The minimum Gasteiger partial charge on any atom is -0.352 e. The standard InChI is InChI=1S/C19H23N7S/c1-14-8-9-26(23-14)18-7-6-17(21-22-18)24-10-12-25(13-11-24)19-20-15-4-2-3-5-16(15)27-19/h6-9H,2-5,10-13H2,1H3. The number of anilines is 2. The van der Waals surface area contributed by atoms with Gasteiger partial charge in [0.15, 0.2) is 16.8 Å². The summed E-state index contributed by atoms with van der Waals surface area (Å²) in [5.74, 6) is 1.68. The van der Waals surface area contributed by atoms with Crippen molar-refractivity contribution in [3.8, 4) is 5.82 Å². The van der Waals surface area contributed by atoms with Gasteiger partial charge in [-0.25, -0.2) is 9.67 Å². The van der Waals surface area contributed by atoms with Crippen molar-refractivity contribution in [2.24, 2.45) is 0 Å². The summed E-state index contributed by atoms with van der Waals surface area (Å²) in [5, 5.41) is 14.4. The van der Waals surface area contributed by atoms with E-state index in [1.54, 1.807) is 4.68 Å². The fraction of sp³-hybridized carbons (Fsp3) is 0.474. The summed E-state index contributed by atoms with van der Waals surface area (Å²) in [6, 6.07) is 5.98. The maximum Gasteiger partial charge on any atom is 0.185 e. The maximum atomic E-state index is 4.91. The topological polar surface area (TPSA) is 63.0 Å². The van der Waals surface area contributed by atoms with Gasteiger partial charge in [-0.15, -0.1) is 21.5 Å². The van der Waals surface area contributed by atoms with E-state index in [4.69, 9.17) is 4.98 Å². The average Bonchev–Trinajstić information content (AvgIpc) is 3.34. The lowest BCUT2D eigenvalue weighted by Crippen LogP contribution is -2.46. The van der Waals surface area contributed by atoms with Gasteiger partial charge in [0, 0.05) is 37.3 Å². The van der Waals surface area contributed by atoms with Crippen molar-refractivity contribution in [1.82, 2.24) is 25.0 Å². The van der Waals surface area contributed by atoms with Crippen LogP contribution in [0.25, 0.3) is 5.82 Å². The molecule has 0 N–H and O–H groups in total. The zero-order valence-electron chi connectivity index (χ0n) is 15.5. The highest BCUT2D eigenvalue weighted by molar-refractivity contribution is 7.15. The van der Waals surface area contributed by atoms with Crippen LogP contribution in [0.3, 0.4) is 0 Å². The second kappa shape index (κ2) is 6.92. The average molecular weight is 382 g/mol. The molecule has 1 aliphatic carbocycles. The smallest absolute Gasteiger partial charge is 0.185 e. The molecule has 7 nitrogen and oxygen atoms in total. The van der Waals surface area contributed by atoms with Crippen LogP contribution in [0.15, 0.2) is 24.4 Å². The van der Waals surface area contributed by atoms with Gasteiger partial charge in [0.1, 0.15) is 0 Å². The first kappa shape index (κ1) is 16.7. The first-order valence-corrected chi connectivity index (χ1v) is 10.4. The molecule has 1 fully saturated rings. The molecule has 27 heavy (non-hydrogen) atoms. The van der Waals surface area contributed by atoms with E-state index in [0.717, 1.165) is 49.9 Å². The zero-order chi connectivity index (χ0) is 18.2. The quantitative estimate of drug-likeness (QED) is 0.695. The van der Waals surface area contributed by atoms with E-state index in [0.29, 0.717) is 0 Å². The SMILES string of the molecule is Cc1ccn(-c2ccc(N3CCN(c4nc5c(s4)CCCC5)CC3)nn2)n1. The van der Waals surface area contributed by atoms with Gasteiger partial charge in [0.2, 0.25) is 0 Å². The predicted octanol–water partition coefficient (Wildman–Crippen LogP) is 2.63. The minimum atomic E-state index is 0.749. The van der Waals surface area contributed by atoms with Crippen LogP contribution in [0, 0.1) is 6.92 Å². The molecule has 3 aromatic heterocycles. The number of hydrogen-bond acceptors (Lipinski definition) is 7. The number of thiazole rings is 1. The van der Waals surface area contributed by atoms with Gasteiger partial charge in [-0.2, -0.15) is 5.10 Å². The Labute approximate surface area is 162 Å². The van der Waals surface area contributed by atoms with Crippen molar-refractivity contribution >= 4 is 22.3 Å². The summed E-state index contributed by atoms with van der Waals surface area (Å²) in [4.78, 5) is 11.1. The van der Waals surface area contributed by atoms with E-state index in [1.807, 2.05) is 42.7 Å². The molecule has 1 saturated heterocycles. The highest BCUT2D eigenvalue weighted by Crippen LogP contribution is 2.32. The zero-order valence-corrected chi connectivity index (χ0v) is 16.3. The molecule has 0 amide bonds. The van der Waals surface area contributed by atoms with Crippen LogP contribution < -0.4 is 9.80 Å². The third-order valence-electron chi connectivity index (χ3n) is 5.30. The Balaban J connectivity index is 1.24. The number of nitrogens with zero attached hydrogens (tertiary/aromatic N) is 7. The second-order valence-electron chi connectivity index (χ2n) is 7.20. The molecule has 140 valence electrons. The fourth-order valence-corrected chi connectivity index (χ4v) is 4.95. The lowest BCUT2D eigenvalue weighted by Gasteiger charge is -2.35. The Morgan fingerprint density at radius 3 is 2.33 bits per heavy atom. The molecule has 0 spiro atoms. The molecule has 4 heterocycles. The number of rotatable bonds is 3. The van der Waals surface area contributed by atoms with Gasteiger partial charge in [-0.05, 0) is 50.8 Å². The Bertz CT molecular complexity index is 898. The molecule has 3 aromatic rings. The van der Waals surface area contributed by atoms with Crippen molar-refractivity contribution in [2.75, 3.05) is 36.0 Å². The van der Waals surface area contributed by atoms with Gasteiger partial charge in [-0.3, -0.25) is 0 Å². The van der Waals surface area contributed by atoms with Crippen molar-refractivity contribution in [1.29, 1.82) is 0 Å². The highest BCUT2D eigenvalue weighted by Gasteiger charge is 2.23. The van der Waals surface area contributed by atoms with E-state index in [-0.39, 0.29) is 0 Å². The normalized spacial score (nSPS) is 17.2. The Kier molecular flexibility index (Phi) is 4.27. The van der Waals surface area contributed by atoms with Crippen LogP contribution >= 0.6 is 11.3 Å². The number of aryl methyl sites for hydroxylation is 3. The molecule has 0 bridgehead atoms. The molecular formula is C19H23N7S. The lowest BCUT2D eigenvalue weighted by molar-refractivity contribution is 0.637. The molecule has 8 heteroatoms. The molecule has 0 saturated carbocycles. The summed E-state index contributed by atoms with van der Waals surface area (Å²) >= 11 is 1.90. The number of fused-ring (bicyclic) bond motifs is 1. The Morgan fingerprint density at radius 1 is 0.889 bits per heavy atom. The van der Waals surface area contributed by atoms with Crippen LogP contribution in [0.2, 0.25) is 0 Å². The lowest BCUT2D eigenvalue weighted by atomic mass is 10.0. The monoisotopic (exact) mass is 381 g/mol. The van der Waals surface area contributed by atoms with Gasteiger partial charge in [0.25, 0.3) is 0 Å². The van der Waals surface area contributed by atoms with Gasteiger partial charge < -0.3 is 9.80 Å². The van der Waals surface area contributed by atoms with Crippen molar-refractivity contribution in [2.45, 2.75) is 32.6 Å². The number of hydrogen-bond donors (Lipinski definition) is 0. The van der Waals surface area contributed by atoms with Crippen LogP contribution in [-0.2, 0) is 12.8 Å². The van der Waals surface area contributed by atoms with Crippen molar-refractivity contribution < 1.29 is 0 Å². The van der Waals surface area contributed by atoms with Gasteiger partial charge in [0.05, 0.1) is 11.4 Å². The van der Waals surface area contributed by atoms with E-state index in [2.05, 4.69) is 25.1 Å². The molecule has 1 aliphatic heterocycles. The molecule has 0 radical (unpaired) electrons. The van der Waals surface area contributed by atoms with E-state index < -0.39 is 0 Å². The third kappa shape index (κ3) is 3.29. The van der Waals surface area contributed by atoms with Gasteiger partial charge >= 0.3 is 0 Å². The number of piperazine rings is 1. The molecule has 0 unspecified atom stereocenters. The summed E-state index contributed by atoms with van der Waals surface area (Å²) in [5.41, 5.74) is 2.32. The van der Waals surface area contributed by atoms with Crippen LogP contribution in [-0.4, -0.2) is 51.1 Å².